The summed E-state index contributed by atoms with van der Waals surface area (Å²) in [6.45, 7) is 14.2. The van der Waals surface area contributed by atoms with Crippen LogP contribution in [0.1, 0.15) is 133 Å². The van der Waals surface area contributed by atoms with Crippen molar-refractivity contribution in [3.05, 3.63) is 58.7 Å². The molecule has 40 heavy (non-hydrogen) atoms. The number of hydrogen-bond donors (Lipinski definition) is 0. The summed E-state index contributed by atoms with van der Waals surface area (Å²) in [5.41, 5.74) is 6.87. The lowest BCUT2D eigenvalue weighted by Gasteiger charge is -2.32. The number of hydrogen-bond acceptors (Lipinski definition) is 3. The van der Waals surface area contributed by atoms with Gasteiger partial charge in [-0.05, 0) is 85.6 Å². The van der Waals surface area contributed by atoms with E-state index in [1.54, 1.807) is 0 Å². The van der Waals surface area contributed by atoms with Crippen LogP contribution in [0.4, 0.5) is 0 Å². The molecule has 0 N–H and O–H groups in total. The molecule has 3 rings (SSSR count). The van der Waals surface area contributed by atoms with Crippen molar-refractivity contribution in [2.24, 2.45) is 17.8 Å². The fraction of sp³-hybridized carbons (Fsp3) is 0.595. The van der Waals surface area contributed by atoms with Crippen LogP contribution in [0.2, 0.25) is 0 Å². The Labute approximate surface area is 244 Å². The highest BCUT2D eigenvalue weighted by molar-refractivity contribution is 6.02. The average molecular weight is 547 g/mol. The van der Waals surface area contributed by atoms with E-state index in [0.717, 1.165) is 49.7 Å². The second-order valence-corrected chi connectivity index (χ2v) is 12.0. The van der Waals surface area contributed by atoms with E-state index in [2.05, 4.69) is 71.0 Å². The van der Waals surface area contributed by atoms with Gasteiger partial charge in [0, 0.05) is 17.9 Å². The summed E-state index contributed by atoms with van der Waals surface area (Å²) < 4.78 is 0. The number of fused-ring (bicyclic) bond motifs is 1. The topological polar surface area (TPSA) is 51.2 Å². The van der Waals surface area contributed by atoms with Crippen LogP contribution in [-0.4, -0.2) is 17.3 Å². The van der Waals surface area contributed by atoms with Gasteiger partial charge in [0.25, 0.3) is 0 Å². The van der Waals surface area contributed by atoms with Gasteiger partial charge in [-0.1, -0.05) is 103 Å². The van der Waals surface area contributed by atoms with E-state index in [4.69, 9.17) is 0 Å². The first-order chi connectivity index (χ1) is 19.2. The molecule has 0 heterocycles. The molecule has 0 fully saturated rings. The predicted molar refractivity (Wildman–Crippen MR) is 169 cm³/mol. The molecule has 0 aromatic heterocycles. The molecule has 0 amide bonds. The third-order valence-corrected chi connectivity index (χ3v) is 8.24. The molecule has 1 aliphatic rings. The number of ketones is 3. The van der Waals surface area contributed by atoms with E-state index < -0.39 is 0 Å². The predicted octanol–water partition coefficient (Wildman–Crippen LogP) is 9.94. The fourth-order valence-electron chi connectivity index (χ4n) is 6.44. The molecule has 220 valence electrons. The molecule has 1 aliphatic carbocycles. The average Bonchev–Trinajstić information content (AvgIpc) is 2.90. The second-order valence-electron chi connectivity index (χ2n) is 12.0. The van der Waals surface area contributed by atoms with E-state index in [-0.39, 0.29) is 41.5 Å². The van der Waals surface area contributed by atoms with Crippen LogP contribution in [0.15, 0.2) is 36.4 Å². The summed E-state index contributed by atoms with van der Waals surface area (Å²) in [5.74, 6) is 0.600. The number of aryl methyl sites for hydroxylation is 2. The van der Waals surface area contributed by atoms with Gasteiger partial charge in [-0.25, -0.2) is 0 Å². The molecule has 2 aromatic rings. The number of rotatable bonds is 14. The molecule has 3 unspecified atom stereocenters. The Kier molecular flexibility index (Phi) is 14.6. The molecular weight excluding hydrogens is 492 g/mol. The maximum absolute atomic E-state index is 13.4. The maximum atomic E-state index is 13.4. The first-order valence-electron chi connectivity index (χ1n) is 16.0. The Balaban J connectivity index is 0.00000178. The summed E-state index contributed by atoms with van der Waals surface area (Å²) in [6.07, 6.45) is 11.1. The Hall–Kier alpha value is -2.55. The van der Waals surface area contributed by atoms with Crippen molar-refractivity contribution >= 4 is 17.3 Å². The highest BCUT2D eigenvalue weighted by Crippen LogP contribution is 2.40. The van der Waals surface area contributed by atoms with Gasteiger partial charge in [-0.2, -0.15) is 0 Å². The summed E-state index contributed by atoms with van der Waals surface area (Å²) in [6, 6.07) is 13.2. The molecule has 0 bridgehead atoms. The van der Waals surface area contributed by atoms with Gasteiger partial charge >= 0.3 is 0 Å². The molecule has 2 aromatic carbocycles. The standard InChI is InChI=1S/C34H46O3.C3H8/c1-6-9-10-12-25-14-16-27(17-15-25)30-18-13-23(4)34-31(30)21-26(22-33(34)37)20-28(11-7-2)29(8-3)32(36)19-24(5)35;1-3-2/h13-18,26,28-29H,6-12,19-22H2,1-5H3;3H2,1-2H3. The van der Waals surface area contributed by atoms with Gasteiger partial charge in [0.1, 0.15) is 11.6 Å². The number of unbranched alkanes of at least 4 members (excludes halogenated alkanes) is 2. The number of carbonyl (C=O) groups is 3. The van der Waals surface area contributed by atoms with Crippen molar-refractivity contribution in [2.75, 3.05) is 0 Å². The molecule has 0 saturated carbocycles. The Morgan fingerprint density at radius 3 is 2.15 bits per heavy atom. The lowest BCUT2D eigenvalue weighted by Crippen LogP contribution is -2.30. The zero-order valence-electron chi connectivity index (χ0n) is 26.4. The molecule has 0 aliphatic heterocycles. The van der Waals surface area contributed by atoms with Crippen molar-refractivity contribution in [1.82, 2.24) is 0 Å². The van der Waals surface area contributed by atoms with Gasteiger partial charge in [0.15, 0.2) is 5.78 Å². The second kappa shape index (κ2) is 17.3. The van der Waals surface area contributed by atoms with E-state index in [9.17, 15) is 14.4 Å². The van der Waals surface area contributed by atoms with Gasteiger partial charge < -0.3 is 0 Å². The highest BCUT2D eigenvalue weighted by atomic mass is 16.1. The highest BCUT2D eigenvalue weighted by Gasteiger charge is 2.34. The van der Waals surface area contributed by atoms with E-state index in [1.165, 1.54) is 54.9 Å². The molecular formula is C37H54O3. The maximum Gasteiger partial charge on any atom is 0.163 e. The Morgan fingerprint density at radius 1 is 0.900 bits per heavy atom. The first kappa shape index (κ1) is 33.7. The van der Waals surface area contributed by atoms with Crippen LogP contribution >= 0.6 is 0 Å². The molecule has 0 saturated heterocycles. The van der Waals surface area contributed by atoms with Gasteiger partial charge in [0.2, 0.25) is 0 Å². The number of carbonyl (C=O) groups excluding carboxylic acids is 3. The lowest BCUT2D eigenvalue weighted by atomic mass is 9.71. The molecule has 3 atom stereocenters. The third kappa shape index (κ3) is 9.53. The minimum Gasteiger partial charge on any atom is -0.300 e. The van der Waals surface area contributed by atoms with Gasteiger partial charge in [0.05, 0.1) is 6.42 Å². The van der Waals surface area contributed by atoms with Crippen LogP contribution in [0, 0.1) is 24.7 Å². The number of Topliss-reactive ketones (excluding diaryl/α,β-unsaturated/α-hetero) is 3. The largest absolute Gasteiger partial charge is 0.300 e. The van der Waals surface area contributed by atoms with Crippen LogP contribution in [0.5, 0.6) is 0 Å². The van der Waals surface area contributed by atoms with E-state index in [1.807, 2.05) is 6.92 Å². The van der Waals surface area contributed by atoms with Crippen molar-refractivity contribution < 1.29 is 14.4 Å². The van der Waals surface area contributed by atoms with E-state index in [0.29, 0.717) is 6.42 Å². The Bertz CT molecular complexity index is 1100. The normalized spacial score (nSPS) is 16.0. The van der Waals surface area contributed by atoms with E-state index >= 15 is 0 Å². The van der Waals surface area contributed by atoms with Crippen LogP contribution in [0.25, 0.3) is 11.1 Å². The van der Waals surface area contributed by atoms with Crippen LogP contribution in [0.3, 0.4) is 0 Å². The van der Waals surface area contributed by atoms with Crippen molar-refractivity contribution in [3.63, 3.8) is 0 Å². The molecule has 3 nitrogen and oxygen atoms in total. The monoisotopic (exact) mass is 546 g/mol. The summed E-state index contributed by atoms with van der Waals surface area (Å²) >= 11 is 0. The molecule has 0 spiro atoms. The van der Waals surface area contributed by atoms with Gasteiger partial charge in [-0.3, -0.25) is 14.4 Å². The summed E-state index contributed by atoms with van der Waals surface area (Å²) in [7, 11) is 0. The SMILES string of the molecule is CCC.CCCCCc1ccc(-c2ccc(C)c3c2CC(CC(CCC)C(CC)C(=O)CC(C)=O)CC3=O)cc1. The molecule has 0 radical (unpaired) electrons. The smallest absolute Gasteiger partial charge is 0.163 e. The van der Waals surface area contributed by atoms with Crippen LogP contribution < -0.4 is 0 Å². The molecule has 3 heteroatoms. The zero-order chi connectivity index (χ0) is 29.7. The lowest BCUT2D eigenvalue weighted by molar-refractivity contribution is -0.129. The van der Waals surface area contributed by atoms with Crippen molar-refractivity contribution in [1.29, 1.82) is 0 Å². The summed E-state index contributed by atoms with van der Waals surface area (Å²) in [5, 5.41) is 0. The third-order valence-electron chi connectivity index (χ3n) is 8.24. The zero-order valence-corrected chi connectivity index (χ0v) is 26.4. The Morgan fingerprint density at radius 2 is 1.57 bits per heavy atom. The minimum atomic E-state index is -0.0995. The van der Waals surface area contributed by atoms with Gasteiger partial charge in [-0.15, -0.1) is 0 Å². The minimum absolute atomic E-state index is 0.0307. The quantitative estimate of drug-likeness (QED) is 0.175. The summed E-state index contributed by atoms with van der Waals surface area (Å²) in [4.78, 5) is 38.0. The first-order valence-corrected chi connectivity index (χ1v) is 16.0. The number of benzene rings is 2. The van der Waals surface area contributed by atoms with Crippen LogP contribution in [-0.2, 0) is 22.4 Å². The fourth-order valence-corrected chi connectivity index (χ4v) is 6.44. The van der Waals surface area contributed by atoms with Crippen molar-refractivity contribution in [3.8, 4) is 11.1 Å². The van der Waals surface area contributed by atoms with Crippen molar-refractivity contribution in [2.45, 2.75) is 126 Å².